The highest BCUT2D eigenvalue weighted by Crippen LogP contribution is 2.58. The molecular weight excluding hydrogens is 532 g/mol. The Hall–Kier alpha value is -1.45. The SMILES string of the molecule is CC(C)CC(C)(C)C(=O)OC1CC(C(O)(C(F)(F)F)C(F)(F)F)CC(C(O)(C(F)(F)F)C(F)(F)F)C1. The molecule has 1 rings (SSSR count). The lowest BCUT2D eigenvalue weighted by atomic mass is 9.65. The van der Waals surface area contributed by atoms with Gasteiger partial charge in [-0.05, 0) is 45.4 Å². The highest BCUT2D eigenvalue weighted by Gasteiger charge is 2.78. The maximum Gasteiger partial charge on any atom is 0.426 e. The molecule has 2 N–H and O–H groups in total. The molecule has 1 saturated carbocycles. The fourth-order valence-electron chi connectivity index (χ4n) is 4.71. The number of rotatable bonds is 6. The molecule has 0 aromatic heterocycles. The lowest BCUT2D eigenvalue weighted by Crippen LogP contribution is -2.67. The van der Waals surface area contributed by atoms with E-state index in [4.69, 9.17) is 4.74 Å². The predicted molar refractivity (Wildman–Crippen MR) is 98.1 cm³/mol. The van der Waals surface area contributed by atoms with Crippen molar-refractivity contribution in [1.82, 2.24) is 0 Å². The molecule has 0 aromatic rings. The zero-order chi connectivity index (χ0) is 28.9. The Morgan fingerprint density at radius 3 is 1.28 bits per heavy atom. The van der Waals surface area contributed by atoms with Gasteiger partial charge < -0.3 is 14.9 Å². The molecule has 0 spiro atoms. The van der Waals surface area contributed by atoms with Crippen molar-refractivity contribution in [3.63, 3.8) is 0 Å². The first-order valence-electron chi connectivity index (χ1n) is 10.6. The smallest absolute Gasteiger partial charge is 0.426 e. The van der Waals surface area contributed by atoms with Gasteiger partial charge in [0, 0.05) is 11.8 Å². The first kappa shape index (κ1) is 32.6. The fraction of sp³-hybridized carbons (Fsp3) is 0.950. The Bertz CT molecular complexity index is 706. The second-order valence-electron chi connectivity index (χ2n) is 10.1. The highest BCUT2D eigenvalue weighted by molar-refractivity contribution is 5.76. The van der Waals surface area contributed by atoms with Crippen molar-refractivity contribution < 1.29 is 72.4 Å². The summed E-state index contributed by atoms with van der Waals surface area (Å²) in [4.78, 5) is 12.5. The van der Waals surface area contributed by atoms with Crippen LogP contribution in [0.1, 0.15) is 53.4 Å². The average Bonchev–Trinajstić information content (AvgIpc) is 2.61. The summed E-state index contributed by atoms with van der Waals surface area (Å²) in [6.45, 7) is 5.75. The molecule has 0 aliphatic heterocycles. The quantitative estimate of drug-likeness (QED) is 0.306. The van der Waals surface area contributed by atoms with Gasteiger partial charge in [-0.15, -0.1) is 0 Å². The van der Waals surface area contributed by atoms with Gasteiger partial charge in [0.15, 0.2) is 0 Å². The molecule has 1 fully saturated rings. The summed E-state index contributed by atoms with van der Waals surface area (Å²) in [5.41, 5.74) is -13.0. The molecule has 0 heterocycles. The minimum Gasteiger partial charge on any atom is -0.462 e. The summed E-state index contributed by atoms with van der Waals surface area (Å²) in [6.07, 6.45) is -34.0. The fourth-order valence-corrected chi connectivity index (χ4v) is 4.71. The Kier molecular flexibility index (Phi) is 8.77. The maximum absolute atomic E-state index is 13.4. The first-order valence-corrected chi connectivity index (χ1v) is 10.6. The van der Waals surface area contributed by atoms with Gasteiger partial charge in [0.25, 0.3) is 11.2 Å². The number of carbonyl (C=O) groups is 1. The Morgan fingerprint density at radius 2 is 1.03 bits per heavy atom. The molecule has 4 nitrogen and oxygen atoms in total. The molecule has 0 saturated heterocycles. The van der Waals surface area contributed by atoms with E-state index in [1.165, 1.54) is 13.8 Å². The first-order chi connectivity index (χ1) is 15.6. The van der Waals surface area contributed by atoms with Crippen molar-refractivity contribution in [1.29, 1.82) is 0 Å². The van der Waals surface area contributed by atoms with Crippen molar-refractivity contribution >= 4 is 5.97 Å². The van der Waals surface area contributed by atoms with Crippen LogP contribution in [0.4, 0.5) is 52.7 Å². The summed E-state index contributed by atoms with van der Waals surface area (Å²) in [7, 11) is 0. The van der Waals surface area contributed by atoms with E-state index < -0.39 is 84.5 Å². The van der Waals surface area contributed by atoms with Gasteiger partial charge in [-0.3, -0.25) is 4.79 Å². The van der Waals surface area contributed by atoms with Crippen molar-refractivity contribution in [3.05, 3.63) is 0 Å². The zero-order valence-electron chi connectivity index (χ0n) is 19.4. The number of hydrogen-bond donors (Lipinski definition) is 2. The molecule has 16 heteroatoms. The van der Waals surface area contributed by atoms with Crippen molar-refractivity contribution in [3.8, 4) is 0 Å². The Labute approximate surface area is 198 Å². The minimum absolute atomic E-state index is 0.0372. The van der Waals surface area contributed by atoms with Crippen LogP contribution < -0.4 is 0 Å². The second kappa shape index (κ2) is 9.70. The second-order valence-corrected chi connectivity index (χ2v) is 10.1. The third-order valence-electron chi connectivity index (χ3n) is 6.32. The summed E-state index contributed by atoms with van der Waals surface area (Å²) < 4.78 is 166. The number of halogens is 12. The summed E-state index contributed by atoms with van der Waals surface area (Å²) in [5, 5.41) is 19.4. The van der Waals surface area contributed by atoms with Crippen LogP contribution in [0.5, 0.6) is 0 Å². The van der Waals surface area contributed by atoms with E-state index in [-0.39, 0.29) is 12.3 Å². The van der Waals surface area contributed by atoms with Gasteiger partial charge in [0.2, 0.25) is 0 Å². The van der Waals surface area contributed by atoms with Crippen LogP contribution in [0, 0.1) is 23.2 Å². The summed E-state index contributed by atoms with van der Waals surface area (Å²) in [6, 6.07) is 0. The highest BCUT2D eigenvalue weighted by atomic mass is 19.4. The normalized spacial score (nSPS) is 23.7. The average molecular weight is 558 g/mol. The number of ether oxygens (including phenoxy) is 1. The summed E-state index contributed by atoms with van der Waals surface area (Å²) in [5.74, 6) is -8.26. The van der Waals surface area contributed by atoms with Gasteiger partial charge in [0.1, 0.15) is 6.10 Å². The number of carbonyl (C=O) groups excluding carboxylic acids is 1. The van der Waals surface area contributed by atoms with Crippen LogP contribution in [0.25, 0.3) is 0 Å². The van der Waals surface area contributed by atoms with E-state index in [0.29, 0.717) is 0 Å². The lowest BCUT2D eigenvalue weighted by Gasteiger charge is -2.48. The molecule has 1 aliphatic carbocycles. The van der Waals surface area contributed by atoms with Gasteiger partial charge in [0.05, 0.1) is 5.41 Å². The van der Waals surface area contributed by atoms with Crippen LogP contribution in [-0.2, 0) is 9.53 Å². The largest absolute Gasteiger partial charge is 0.462 e. The van der Waals surface area contributed by atoms with Crippen molar-refractivity contribution in [2.24, 2.45) is 23.2 Å². The van der Waals surface area contributed by atoms with Crippen LogP contribution in [0.2, 0.25) is 0 Å². The number of aliphatic hydroxyl groups is 2. The molecular formula is C20H26F12O4. The molecule has 0 amide bonds. The minimum atomic E-state index is -6.59. The van der Waals surface area contributed by atoms with Gasteiger partial charge in [-0.2, -0.15) is 52.7 Å². The number of esters is 1. The molecule has 214 valence electrons. The van der Waals surface area contributed by atoms with Crippen LogP contribution >= 0.6 is 0 Å². The Morgan fingerprint density at radius 1 is 0.722 bits per heavy atom. The molecule has 0 aromatic carbocycles. The topological polar surface area (TPSA) is 66.8 Å². The molecule has 2 unspecified atom stereocenters. The molecule has 1 aliphatic rings. The molecule has 0 radical (unpaired) electrons. The molecule has 0 bridgehead atoms. The third kappa shape index (κ3) is 5.99. The monoisotopic (exact) mass is 558 g/mol. The maximum atomic E-state index is 13.4. The lowest BCUT2D eigenvalue weighted by molar-refractivity contribution is -0.405. The third-order valence-corrected chi connectivity index (χ3v) is 6.32. The van der Waals surface area contributed by atoms with E-state index in [2.05, 4.69) is 0 Å². The predicted octanol–water partition coefficient (Wildman–Crippen LogP) is 6.10. The van der Waals surface area contributed by atoms with Gasteiger partial charge in [-0.25, -0.2) is 0 Å². The van der Waals surface area contributed by atoms with E-state index >= 15 is 0 Å². The van der Waals surface area contributed by atoms with E-state index in [1.54, 1.807) is 13.8 Å². The van der Waals surface area contributed by atoms with E-state index in [9.17, 15) is 67.7 Å². The van der Waals surface area contributed by atoms with Gasteiger partial charge in [-0.1, -0.05) is 13.8 Å². The molecule has 36 heavy (non-hydrogen) atoms. The van der Waals surface area contributed by atoms with Crippen LogP contribution in [0.15, 0.2) is 0 Å². The summed E-state index contributed by atoms with van der Waals surface area (Å²) >= 11 is 0. The molecule has 2 atom stereocenters. The number of alkyl halides is 12. The van der Waals surface area contributed by atoms with Crippen LogP contribution in [-0.4, -0.2) is 58.2 Å². The van der Waals surface area contributed by atoms with E-state index in [0.717, 1.165) is 0 Å². The Balaban J connectivity index is 3.67. The van der Waals surface area contributed by atoms with Crippen molar-refractivity contribution in [2.45, 2.75) is 95.4 Å². The standard InChI is InChI=1S/C20H26F12O4/c1-9(2)8-14(3,4)13(33)36-12-6-10(15(34,17(21,22)23)18(24,25)26)5-11(7-12)16(35,19(27,28)29)20(30,31)32/h9-12,34-35H,5-8H2,1-4H3. The van der Waals surface area contributed by atoms with Crippen LogP contribution in [0.3, 0.4) is 0 Å². The number of hydrogen-bond acceptors (Lipinski definition) is 4. The van der Waals surface area contributed by atoms with Gasteiger partial charge >= 0.3 is 30.7 Å². The van der Waals surface area contributed by atoms with Crippen molar-refractivity contribution in [2.75, 3.05) is 0 Å². The van der Waals surface area contributed by atoms with E-state index in [1.807, 2.05) is 0 Å². The zero-order valence-corrected chi connectivity index (χ0v) is 19.4.